The van der Waals surface area contributed by atoms with Crippen molar-refractivity contribution in [2.75, 3.05) is 24.6 Å². The fraction of sp³-hybridized carbons (Fsp3) is 0.381. The standard InChI is InChI=1S/C21H24N4O2/c1-3-27-16-6-4-15(5-7-16)17-8-11-22-19-18(17)20(26)24-21(23-19)25-12-9-14(2)10-13-25/h4-8,11,14H,3,9-10,12-13H2,1-2H3,(H,22,23,24,26). The number of hydrogen-bond acceptors (Lipinski definition) is 5. The normalized spacial score (nSPS) is 15.3. The van der Waals surface area contributed by atoms with Gasteiger partial charge in [-0.15, -0.1) is 0 Å². The van der Waals surface area contributed by atoms with E-state index in [9.17, 15) is 4.79 Å². The molecule has 6 nitrogen and oxygen atoms in total. The molecule has 0 saturated carbocycles. The molecule has 0 bridgehead atoms. The SMILES string of the molecule is CCOc1ccc(-c2ccnc3nc(N4CCC(C)CC4)[nH]c(=O)c23)cc1. The van der Waals surface area contributed by atoms with Crippen LogP contribution in [0.25, 0.3) is 22.2 Å². The van der Waals surface area contributed by atoms with Crippen LogP contribution < -0.4 is 15.2 Å². The molecule has 0 radical (unpaired) electrons. The Morgan fingerprint density at radius 2 is 1.93 bits per heavy atom. The van der Waals surface area contributed by atoms with Crippen LogP contribution in [0.15, 0.2) is 41.3 Å². The average Bonchev–Trinajstić information content (AvgIpc) is 2.69. The molecule has 2 aromatic heterocycles. The van der Waals surface area contributed by atoms with Gasteiger partial charge in [-0.25, -0.2) is 4.98 Å². The Morgan fingerprint density at radius 3 is 2.63 bits per heavy atom. The van der Waals surface area contributed by atoms with Gasteiger partial charge in [0.1, 0.15) is 5.75 Å². The molecule has 1 saturated heterocycles. The molecule has 3 heterocycles. The third kappa shape index (κ3) is 3.52. The van der Waals surface area contributed by atoms with E-state index >= 15 is 0 Å². The molecule has 140 valence electrons. The van der Waals surface area contributed by atoms with E-state index in [2.05, 4.69) is 26.8 Å². The van der Waals surface area contributed by atoms with Crippen LogP contribution in [-0.4, -0.2) is 34.6 Å². The molecule has 1 aromatic carbocycles. The van der Waals surface area contributed by atoms with Crippen molar-refractivity contribution in [1.29, 1.82) is 0 Å². The molecule has 0 aliphatic carbocycles. The summed E-state index contributed by atoms with van der Waals surface area (Å²) in [7, 11) is 0. The van der Waals surface area contributed by atoms with E-state index in [1.165, 1.54) is 0 Å². The van der Waals surface area contributed by atoms with Gasteiger partial charge in [-0.3, -0.25) is 9.78 Å². The van der Waals surface area contributed by atoms with Gasteiger partial charge < -0.3 is 9.64 Å². The third-order valence-electron chi connectivity index (χ3n) is 5.15. The average molecular weight is 364 g/mol. The summed E-state index contributed by atoms with van der Waals surface area (Å²) in [5.41, 5.74) is 2.11. The van der Waals surface area contributed by atoms with Crippen LogP contribution in [0.5, 0.6) is 5.75 Å². The van der Waals surface area contributed by atoms with Crippen molar-refractivity contribution in [3.63, 3.8) is 0 Å². The van der Waals surface area contributed by atoms with Crippen molar-refractivity contribution in [2.24, 2.45) is 5.92 Å². The summed E-state index contributed by atoms with van der Waals surface area (Å²) < 4.78 is 5.50. The summed E-state index contributed by atoms with van der Waals surface area (Å²) in [5, 5.41) is 0.524. The van der Waals surface area contributed by atoms with Crippen LogP contribution in [0, 0.1) is 5.92 Å². The molecule has 1 aliphatic heterocycles. The predicted octanol–water partition coefficient (Wildman–Crippen LogP) is 3.62. The van der Waals surface area contributed by atoms with E-state index in [0.29, 0.717) is 23.6 Å². The molecule has 0 unspecified atom stereocenters. The monoisotopic (exact) mass is 364 g/mol. The Balaban J connectivity index is 1.74. The van der Waals surface area contributed by atoms with Crippen LogP contribution in [-0.2, 0) is 0 Å². The van der Waals surface area contributed by atoms with Crippen LogP contribution in [0.4, 0.5) is 5.95 Å². The number of aromatic amines is 1. The molecule has 3 aromatic rings. The van der Waals surface area contributed by atoms with Crippen LogP contribution in [0.3, 0.4) is 0 Å². The van der Waals surface area contributed by atoms with Crippen molar-refractivity contribution in [3.05, 3.63) is 46.9 Å². The van der Waals surface area contributed by atoms with Gasteiger partial charge in [0.25, 0.3) is 5.56 Å². The Kier molecular flexibility index (Phi) is 4.79. The molecule has 0 atom stereocenters. The van der Waals surface area contributed by atoms with Gasteiger partial charge >= 0.3 is 0 Å². The lowest BCUT2D eigenvalue weighted by Crippen LogP contribution is -2.35. The fourth-order valence-corrected chi connectivity index (χ4v) is 3.56. The molecule has 1 aliphatic rings. The number of rotatable bonds is 4. The number of nitrogens with zero attached hydrogens (tertiary/aromatic N) is 3. The van der Waals surface area contributed by atoms with Crippen LogP contribution >= 0.6 is 0 Å². The maximum atomic E-state index is 12.9. The van der Waals surface area contributed by atoms with Crippen LogP contribution in [0.2, 0.25) is 0 Å². The van der Waals surface area contributed by atoms with E-state index in [-0.39, 0.29) is 5.56 Å². The zero-order valence-corrected chi connectivity index (χ0v) is 15.7. The minimum atomic E-state index is -0.148. The first kappa shape index (κ1) is 17.5. The summed E-state index contributed by atoms with van der Waals surface area (Å²) in [4.78, 5) is 27.0. The molecule has 0 amide bonds. The lowest BCUT2D eigenvalue weighted by molar-refractivity contribution is 0.340. The summed E-state index contributed by atoms with van der Waals surface area (Å²) in [6, 6.07) is 9.60. The Hall–Kier alpha value is -2.89. The fourth-order valence-electron chi connectivity index (χ4n) is 3.56. The number of piperidine rings is 1. The summed E-state index contributed by atoms with van der Waals surface area (Å²) >= 11 is 0. The number of nitrogens with one attached hydrogen (secondary N) is 1. The molecule has 1 fully saturated rings. The molecule has 0 spiro atoms. The number of pyridine rings is 1. The van der Waals surface area contributed by atoms with E-state index in [0.717, 1.165) is 48.7 Å². The number of hydrogen-bond donors (Lipinski definition) is 1. The zero-order chi connectivity index (χ0) is 18.8. The number of anilines is 1. The maximum Gasteiger partial charge on any atom is 0.262 e. The Labute approximate surface area is 158 Å². The van der Waals surface area contributed by atoms with Gasteiger partial charge in [-0.2, -0.15) is 4.98 Å². The second-order valence-corrected chi connectivity index (χ2v) is 7.07. The molecular weight excluding hydrogens is 340 g/mol. The van der Waals surface area contributed by atoms with Crippen molar-refractivity contribution in [3.8, 4) is 16.9 Å². The molecular formula is C21H24N4O2. The predicted molar refractivity (Wildman–Crippen MR) is 107 cm³/mol. The highest BCUT2D eigenvalue weighted by Crippen LogP contribution is 2.27. The van der Waals surface area contributed by atoms with Gasteiger partial charge in [-0.05, 0) is 55.0 Å². The van der Waals surface area contributed by atoms with Crippen molar-refractivity contribution in [1.82, 2.24) is 15.0 Å². The number of aromatic nitrogens is 3. The molecule has 27 heavy (non-hydrogen) atoms. The Morgan fingerprint density at radius 1 is 1.19 bits per heavy atom. The summed E-state index contributed by atoms with van der Waals surface area (Å²) in [5.74, 6) is 2.15. The van der Waals surface area contributed by atoms with Crippen molar-refractivity contribution >= 4 is 17.0 Å². The van der Waals surface area contributed by atoms with Crippen molar-refractivity contribution in [2.45, 2.75) is 26.7 Å². The number of fused-ring (bicyclic) bond motifs is 1. The summed E-state index contributed by atoms with van der Waals surface area (Å²) in [6.07, 6.45) is 3.94. The van der Waals surface area contributed by atoms with Gasteiger partial charge in [-0.1, -0.05) is 19.1 Å². The lowest BCUT2D eigenvalue weighted by Gasteiger charge is -2.30. The second-order valence-electron chi connectivity index (χ2n) is 7.07. The second kappa shape index (κ2) is 7.39. The number of ether oxygens (including phenoxy) is 1. The first-order chi connectivity index (χ1) is 13.2. The summed E-state index contributed by atoms with van der Waals surface area (Å²) in [6.45, 7) is 6.66. The third-order valence-corrected chi connectivity index (χ3v) is 5.15. The number of H-pyrrole nitrogens is 1. The maximum absolute atomic E-state index is 12.9. The van der Waals surface area contributed by atoms with E-state index in [1.54, 1.807) is 6.20 Å². The van der Waals surface area contributed by atoms with Gasteiger partial charge in [0.05, 0.1) is 12.0 Å². The first-order valence-electron chi connectivity index (χ1n) is 9.53. The van der Waals surface area contributed by atoms with Gasteiger partial charge in [0.15, 0.2) is 5.65 Å². The smallest absolute Gasteiger partial charge is 0.262 e. The molecule has 4 rings (SSSR count). The van der Waals surface area contributed by atoms with Gasteiger partial charge in [0.2, 0.25) is 5.95 Å². The van der Waals surface area contributed by atoms with Gasteiger partial charge in [0, 0.05) is 19.3 Å². The first-order valence-corrected chi connectivity index (χ1v) is 9.53. The lowest BCUT2D eigenvalue weighted by atomic mass is 10.00. The largest absolute Gasteiger partial charge is 0.494 e. The number of benzene rings is 1. The zero-order valence-electron chi connectivity index (χ0n) is 15.7. The van der Waals surface area contributed by atoms with Crippen molar-refractivity contribution < 1.29 is 4.74 Å². The van der Waals surface area contributed by atoms with Crippen LogP contribution in [0.1, 0.15) is 26.7 Å². The molecule has 1 N–H and O–H groups in total. The highest BCUT2D eigenvalue weighted by atomic mass is 16.5. The molecule has 6 heteroatoms. The van der Waals surface area contributed by atoms with E-state index < -0.39 is 0 Å². The quantitative estimate of drug-likeness (QED) is 0.766. The van der Waals surface area contributed by atoms with E-state index in [4.69, 9.17) is 4.74 Å². The minimum absolute atomic E-state index is 0.148. The highest BCUT2D eigenvalue weighted by molar-refractivity contribution is 5.92. The topological polar surface area (TPSA) is 71.1 Å². The van der Waals surface area contributed by atoms with E-state index in [1.807, 2.05) is 37.3 Å². The minimum Gasteiger partial charge on any atom is -0.494 e. The highest BCUT2D eigenvalue weighted by Gasteiger charge is 2.19. The Bertz CT molecular complexity index is 989.